The molecule has 164 valence electrons. The third-order valence-electron chi connectivity index (χ3n) is 5.12. The summed E-state index contributed by atoms with van der Waals surface area (Å²) in [6.45, 7) is 0. The molecule has 9 heteroatoms. The number of nitrogens with zero attached hydrogens (tertiary/aromatic N) is 3. The molecule has 0 unspecified atom stereocenters. The van der Waals surface area contributed by atoms with Crippen LogP contribution in [-0.2, 0) is 9.59 Å². The minimum absolute atomic E-state index is 0.0520. The third-order valence-corrected chi connectivity index (χ3v) is 6.55. The zero-order valence-corrected chi connectivity index (χ0v) is 19.4. The number of anilines is 1. The Bertz CT molecular complexity index is 1330. The molecular formula is C24H16BrFN4O2S. The highest BCUT2D eigenvalue weighted by Crippen LogP contribution is 2.37. The Hall–Kier alpha value is -3.30. The highest BCUT2D eigenvalue weighted by Gasteiger charge is 2.42. The minimum atomic E-state index is -0.677. The molecule has 2 aliphatic heterocycles. The molecule has 3 aromatic carbocycles. The Balaban J connectivity index is 1.40. The Labute approximate surface area is 201 Å². The fourth-order valence-electron chi connectivity index (χ4n) is 3.61. The monoisotopic (exact) mass is 522 g/mol. The van der Waals surface area contributed by atoms with E-state index in [4.69, 9.17) is 4.99 Å². The highest BCUT2D eigenvalue weighted by molar-refractivity contribution is 9.10. The summed E-state index contributed by atoms with van der Waals surface area (Å²) in [5.41, 5.74) is 2.31. The molecule has 0 bridgehead atoms. The Kier molecular flexibility index (Phi) is 5.82. The number of amidine groups is 2. The van der Waals surface area contributed by atoms with E-state index in [2.05, 4.69) is 26.2 Å². The summed E-state index contributed by atoms with van der Waals surface area (Å²) in [7, 11) is 0. The van der Waals surface area contributed by atoms with Gasteiger partial charge < -0.3 is 5.32 Å². The summed E-state index contributed by atoms with van der Waals surface area (Å²) < 4.78 is 14.6. The maximum absolute atomic E-state index is 14.1. The van der Waals surface area contributed by atoms with Gasteiger partial charge in [-0.15, -0.1) is 0 Å². The first-order valence-corrected chi connectivity index (χ1v) is 11.8. The Morgan fingerprint density at radius 1 is 1.09 bits per heavy atom. The van der Waals surface area contributed by atoms with Crippen LogP contribution in [0.25, 0.3) is 0 Å². The number of aliphatic imine (C=N–C) groups is 2. The number of rotatable bonds is 4. The van der Waals surface area contributed by atoms with Crippen LogP contribution in [0.4, 0.5) is 15.8 Å². The molecule has 2 amide bonds. The standard InChI is InChI=1S/C24H16BrFN4O2S/c25-15-10-11-19(17(26)12-15)27-20(31)13-33-24-28-18-9-5-4-8-16(18)22-29-21(23(32)30(22)24)14-6-2-1-3-7-14/h1-12,21H,13H2,(H,27,31)/t21-/m1/s1. The fourth-order valence-corrected chi connectivity index (χ4v) is 4.74. The van der Waals surface area contributed by atoms with E-state index in [0.717, 1.165) is 22.9 Å². The number of halogens is 2. The topological polar surface area (TPSA) is 74.1 Å². The maximum Gasteiger partial charge on any atom is 0.263 e. The number of benzene rings is 3. The molecule has 6 nitrogen and oxygen atoms in total. The fraction of sp³-hybridized carbons (Fsp3) is 0.0833. The van der Waals surface area contributed by atoms with Gasteiger partial charge >= 0.3 is 0 Å². The van der Waals surface area contributed by atoms with E-state index in [1.165, 1.54) is 17.0 Å². The number of amides is 2. The van der Waals surface area contributed by atoms with Gasteiger partial charge in [0.15, 0.2) is 11.2 Å². The van der Waals surface area contributed by atoms with Crippen LogP contribution in [0.1, 0.15) is 17.2 Å². The summed E-state index contributed by atoms with van der Waals surface area (Å²) in [4.78, 5) is 36.6. The Morgan fingerprint density at radius 3 is 2.64 bits per heavy atom. The summed E-state index contributed by atoms with van der Waals surface area (Å²) in [6.07, 6.45) is 0. The van der Waals surface area contributed by atoms with Gasteiger partial charge in [0.25, 0.3) is 5.91 Å². The molecule has 5 rings (SSSR count). The van der Waals surface area contributed by atoms with Gasteiger partial charge in [-0.2, -0.15) is 0 Å². The van der Waals surface area contributed by atoms with Crippen molar-refractivity contribution in [1.29, 1.82) is 0 Å². The largest absolute Gasteiger partial charge is 0.323 e. The van der Waals surface area contributed by atoms with Crippen molar-refractivity contribution in [2.24, 2.45) is 9.98 Å². The van der Waals surface area contributed by atoms with Crippen LogP contribution in [0.3, 0.4) is 0 Å². The van der Waals surface area contributed by atoms with E-state index in [0.29, 0.717) is 21.2 Å². The molecule has 0 fully saturated rings. The molecule has 0 saturated heterocycles. The summed E-state index contributed by atoms with van der Waals surface area (Å²) >= 11 is 4.30. The molecule has 3 aromatic rings. The van der Waals surface area contributed by atoms with Gasteiger partial charge in [-0.3, -0.25) is 9.59 Å². The number of hydrogen-bond acceptors (Lipinski definition) is 5. The predicted molar refractivity (Wildman–Crippen MR) is 131 cm³/mol. The predicted octanol–water partition coefficient (Wildman–Crippen LogP) is 5.29. The van der Waals surface area contributed by atoms with Crippen molar-refractivity contribution in [3.05, 3.63) is 94.2 Å². The SMILES string of the molecule is O=C(CSC1=Nc2ccccc2C2=N[C@H](c3ccccc3)C(=O)N12)Nc1ccc(Br)cc1F. The zero-order chi connectivity index (χ0) is 22.9. The number of nitrogens with one attached hydrogen (secondary N) is 1. The molecule has 2 heterocycles. The first kappa shape index (κ1) is 21.5. The van der Waals surface area contributed by atoms with Gasteiger partial charge in [-0.05, 0) is 35.9 Å². The number of thioether (sulfide) groups is 1. The van der Waals surface area contributed by atoms with E-state index >= 15 is 0 Å². The zero-order valence-electron chi connectivity index (χ0n) is 17.0. The van der Waals surface area contributed by atoms with Gasteiger partial charge in [0, 0.05) is 10.0 Å². The molecular weight excluding hydrogens is 507 g/mol. The number of hydrogen-bond donors (Lipinski definition) is 1. The van der Waals surface area contributed by atoms with Crippen LogP contribution >= 0.6 is 27.7 Å². The lowest BCUT2D eigenvalue weighted by Gasteiger charge is -2.25. The first-order valence-electron chi connectivity index (χ1n) is 10.0. The van der Waals surface area contributed by atoms with Crippen LogP contribution in [0, 0.1) is 5.82 Å². The van der Waals surface area contributed by atoms with Crippen molar-refractivity contribution in [2.45, 2.75) is 6.04 Å². The van der Waals surface area contributed by atoms with Crippen molar-refractivity contribution in [3.8, 4) is 0 Å². The summed E-state index contributed by atoms with van der Waals surface area (Å²) in [5.74, 6) is -0.713. The van der Waals surface area contributed by atoms with E-state index in [-0.39, 0.29) is 17.3 Å². The summed E-state index contributed by atoms with van der Waals surface area (Å²) in [6, 6.07) is 20.5. The molecule has 1 atom stereocenters. The van der Waals surface area contributed by atoms with Crippen molar-refractivity contribution in [2.75, 3.05) is 11.1 Å². The van der Waals surface area contributed by atoms with E-state index in [1.807, 2.05) is 54.6 Å². The lowest BCUT2D eigenvalue weighted by atomic mass is 10.1. The van der Waals surface area contributed by atoms with Gasteiger partial charge in [0.1, 0.15) is 11.7 Å². The van der Waals surface area contributed by atoms with Gasteiger partial charge in [-0.1, -0.05) is 70.2 Å². The lowest BCUT2D eigenvalue weighted by molar-refractivity contribution is -0.124. The second-order valence-corrected chi connectivity index (χ2v) is 9.17. The number of carbonyl (C=O) groups excluding carboxylic acids is 2. The van der Waals surface area contributed by atoms with Crippen LogP contribution in [-0.4, -0.2) is 33.5 Å². The van der Waals surface area contributed by atoms with Crippen LogP contribution in [0.15, 0.2) is 87.3 Å². The minimum Gasteiger partial charge on any atom is -0.323 e. The second kappa shape index (κ2) is 8.92. The lowest BCUT2D eigenvalue weighted by Crippen LogP contribution is -2.40. The van der Waals surface area contributed by atoms with Gasteiger partial charge in [0.05, 0.1) is 17.1 Å². The van der Waals surface area contributed by atoms with E-state index < -0.39 is 17.8 Å². The van der Waals surface area contributed by atoms with Gasteiger partial charge in [-0.25, -0.2) is 19.3 Å². The van der Waals surface area contributed by atoms with Gasteiger partial charge in [0.2, 0.25) is 5.91 Å². The van der Waals surface area contributed by atoms with E-state index in [9.17, 15) is 14.0 Å². The molecule has 0 saturated carbocycles. The maximum atomic E-state index is 14.1. The van der Waals surface area contributed by atoms with Crippen molar-refractivity contribution >= 4 is 61.9 Å². The quantitative estimate of drug-likeness (QED) is 0.505. The smallest absolute Gasteiger partial charge is 0.263 e. The second-order valence-electron chi connectivity index (χ2n) is 7.31. The highest BCUT2D eigenvalue weighted by atomic mass is 79.9. The average Bonchev–Trinajstić information content (AvgIpc) is 3.17. The van der Waals surface area contributed by atoms with Crippen LogP contribution in [0.2, 0.25) is 0 Å². The van der Waals surface area contributed by atoms with Crippen molar-refractivity contribution < 1.29 is 14.0 Å². The first-order chi connectivity index (χ1) is 16.0. The van der Waals surface area contributed by atoms with Crippen LogP contribution in [0.5, 0.6) is 0 Å². The van der Waals surface area contributed by atoms with Crippen molar-refractivity contribution in [3.63, 3.8) is 0 Å². The van der Waals surface area contributed by atoms with Crippen LogP contribution < -0.4 is 5.32 Å². The number of carbonyl (C=O) groups is 2. The molecule has 1 N–H and O–H groups in total. The number of para-hydroxylation sites is 1. The average molecular weight is 523 g/mol. The molecule has 2 aliphatic rings. The Morgan fingerprint density at radius 2 is 1.85 bits per heavy atom. The third kappa shape index (κ3) is 4.21. The molecule has 33 heavy (non-hydrogen) atoms. The molecule has 0 radical (unpaired) electrons. The molecule has 0 spiro atoms. The van der Waals surface area contributed by atoms with Crippen molar-refractivity contribution in [1.82, 2.24) is 4.90 Å². The summed E-state index contributed by atoms with van der Waals surface area (Å²) in [5, 5.41) is 2.92. The number of fused-ring (bicyclic) bond motifs is 3. The molecule has 0 aromatic heterocycles. The molecule has 0 aliphatic carbocycles. The normalized spacial score (nSPS) is 16.6. The van der Waals surface area contributed by atoms with E-state index in [1.54, 1.807) is 6.07 Å².